The van der Waals surface area contributed by atoms with Crippen molar-refractivity contribution in [3.05, 3.63) is 41.4 Å². The van der Waals surface area contributed by atoms with E-state index < -0.39 is 6.17 Å². The molecule has 4 rings (SSSR count). The second-order valence-electron chi connectivity index (χ2n) is 8.24. The van der Waals surface area contributed by atoms with Gasteiger partial charge in [-0.3, -0.25) is 9.78 Å². The van der Waals surface area contributed by atoms with Crippen LogP contribution in [0, 0.1) is 5.92 Å². The quantitative estimate of drug-likeness (QED) is 0.494. The predicted octanol–water partition coefficient (Wildman–Crippen LogP) is 4.79. The van der Waals surface area contributed by atoms with Gasteiger partial charge in [0.05, 0.1) is 46.5 Å². The third kappa shape index (κ3) is 6.21. The molecule has 184 valence electrons. The van der Waals surface area contributed by atoms with Gasteiger partial charge in [0.15, 0.2) is 5.65 Å². The van der Waals surface area contributed by atoms with Gasteiger partial charge in [0.25, 0.3) is 5.91 Å². The highest BCUT2D eigenvalue weighted by molar-refractivity contribution is 6.30. The number of hydrogen-bond acceptors (Lipinski definition) is 6. The summed E-state index contributed by atoms with van der Waals surface area (Å²) in [5, 5.41) is 10.9. The number of alkyl halides is 1. The number of nitrogens with zero attached hydrogens (tertiary/aromatic N) is 4. The van der Waals surface area contributed by atoms with Crippen LogP contribution in [0.3, 0.4) is 0 Å². The number of hydrogen-bond donors (Lipinski definition) is 2. The first-order valence-corrected chi connectivity index (χ1v) is 12.1. The van der Waals surface area contributed by atoms with E-state index in [1.807, 2.05) is 13.8 Å². The number of amides is 1. The first-order chi connectivity index (χ1) is 16.4. The van der Waals surface area contributed by atoms with E-state index in [1.165, 1.54) is 6.20 Å². The van der Waals surface area contributed by atoms with Gasteiger partial charge >= 0.3 is 0 Å². The minimum Gasteiger partial charge on any atom is -0.379 e. The average molecular weight is 491 g/mol. The van der Waals surface area contributed by atoms with Crippen molar-refractivity contribution in [2.45, 2.75) is 52.8 Å². The molecule has 2 atom stereocenters. The molecule has 2 N–H and O–H groups in total. The maximum absolute atomic E-state index is 14.0. The number of carbonyl (C=O) groups is 1. The Bertz CT molecular complexity index is 1100. The summed E-state index contributed by atoms with van der Waals surface area (Å²) in [5.41, 5.74) is 2.87. The van der Waals surface area contributed by atoms with Crippen LogP contribution in [0.1, 0.15) is 50.9 Å². The fraction of sp³-hybridized carbons (Fsp3) is 0.500. The lowest BCUT2D eigenvalue weighted by atomic mass is 10.1. The van der Waals surface area contributed by atoms with Crippen molar-refractivity contribution in [2.24, 2.45) is 5.92 Å². The molecule has 0 spiro atoms. The van der Waals surface area contributed by atoms with Crippen LogP contribution in [0.4, 0.5) is 10.1 Å². The zero-order chi connectivity index (χ0) is 24.7. The molecule has 0 bridgehead atoms. The lowest BCUT2D eigenvalue weighted by Crippen LogP contribution is -2.34. The van der Waals surface area contributed by atoms with Crippen LogP contribution in [0.5, 0.6) is 0 Å². The van der Waals surface area contributed by atoms with Crippen molar-refractivity contribution in [3.63, 3.8) is 0 Å². The smallest absolute Gasteiger partial charge is 0.255 e. The van der Waals surface area contributed by atoms with Crippen LogP contribution < -0.4 is 10.6 Å². The third-order valence-electron chi connectivity index (χ3n) is 5.45. The normalized spacial score (nSPS) is 16.6. The number of aromatic nitrogens is 4. The zero-order valence-corrected chi connectivity index (χ0v) is 20.8. The van der Waals surface area contributed by atoms with Crippen LogP contribution in [0.15, 0.2) is 30.9 Å². The van der Waals surface area contributed by atoms with Gasteiger partial charge in [0.2, 0.25) is 0 Å². The lowest BCUT2D eigenvalue weighted by Gasteiger charge is -2.25. The number of carbonyl (C=O) groups excluding carboxylic acids is 1. The Labute approximate surface area is 204 Å². The molecular formula is C24H32ClFN6O2. The summed E-state index contributed by atoms with van der Waals surface area (Å²) in [6.45, 7) is 8.79. The van der Waals surface area contributed by atoms with Crippen LogP contribution in [0.25, 0.3) is 16.9 Å². The maximum atomic E-state index is 14.0. The second-order valence-corrected chi connectivity index (χ2v) is 8.68. The molecule has 1 fully saturated rings. The highest BCUT2D eigenvalue weighted by Crippen LogP contribution is 2.28. The number of rotatable bonds is 7. The van der Waals surface area contributed by atoms with Crippen molar-refractivity contribution >= 4 is 28.8 Å². The van der Waals surface area contributed by atoms with Gasteiger partial charge in [0.1, 0.15) is 6.17 Å². The van der Waals surface area contributed by atoms with Crippen molar-refractivity contribution in [1.82, 2.24) is 24.9 Å². The van der Waals surface area contributed by atoms with E-state index in [4.69, 9.17) is 16.3 Å². The molecule has 0 saturated carbocycles. The van der Waals surface area contributed by atoms with Gasteiger partial charge in [-0.1, -0.05) is 39.3 Å². The molecule has 34 heavy (non-hydrogen) atoms. The SMILES string of the molecule is CC.CC(C)C(F)CNC(=O)c1cnc(-c2cnn3cc(Cl)cnc23)cc1NC1CCCOC1. The standard InChI is InChI=1S/C22H26ClFN6O2.C2H6/c1-13(2)18(24)10-27-22(31)17-8-25-19(6-20(17)29-15-4-3-5-32-12-15)16-9-28-30-11-14(23)7-26-21(16)30;1-2/h6-9,11,13,15,18H,3-5,10,12H2,1-2H3,(H,25,29)(H,27,31);1-2H3. The Morgan fingerprint density at radius 2 is 2.09 bits per heavy atom. The predicted molar refractivity (Wildman–Crippen MR) is 132 cm³/mol. The fourth-order valence-corrected chi connectivity index (χ4v) is 3.67. The van der Waals surface area contributed by atoms with E-state index in [1.54, 1.807) is 43.0 Å². The highest BCUT2D eigenvalue weighted by atomic mass is 35.5. The number of fused-ring (bicyclic) bond motifs is 1. The van der Waals surface area contributed by atoms with Crippen LogP contribution in [0.2, 0.25) is 5.02 Å². The summed E-state index contributed by atoms with van der Waals surface area (Å²) >= 11 is 6.00. The average Bonchev–Trinajstić information content (AvgIpc) is 3.27. The zero-order valence-electron chi connectivity index (χ0n) is 20.0. The third-order valence-corrected chi connectivity index (χ3v) is 5.65. The molecule has 4 heterocycles. The van der Waals surface area contributed by atoms with Gasteiger partial charge in [-0.15, -0.1) is 0 Å². The molecular weight excluding hydrogens is 459 g/mol. The Morgan fingerprint density at radius 3 is 2.79 bits per heavy atom. The largest absolute Gasteiger partial charge is 0.379 e. The first kappa shape index (κ1) is 25.8. The van der Waals surface area contributed by atoms with E-state index in [0.29, 0.717) is 39.8 Å². The second kappa shape index (κ2) is 12.1. The molecule has 3 aromatic heterocycles. The van der Waals surface area contributed by atoms with Crippen molar-refractivity contribution < 1.29 is 13.9 Å². The monoisotopic (exact) mass is 490 g/mol. The Balaban J connectivity index is 0.00000158. The fourth-order valence-electron chi connectivity index (χ4n) is 3.53. The highest BCUT2D eigenvalue weighted by Gasteiger charge is 2.21. The molecule has 0 aliphatic carbocycles. The minimum atomic E-state index is -1.12. The number of pyridine rings is 1. The van der Waals surface area contributed by atoms with Crippen molar-refractivity contribution in [2.75, 3.05) is 25.1 Å². The van der Waals surface area contributed by atoms with E-state index in [2.05, 4.69) is 25.7 Å². The molecule has 8 nitrogen and oxygen atoms in total. The Hall–Kier alpha value is -2.78. The Kier molecular flexibility index (Phi) is 9.18. The van der Waals surface area contributed by atoms with Crippen LogP contribution in [-0.4, -0.2) is 57.5 Å². The summed E-state index contributed by atoms with van der Waals surface area (Å²) in [4.78, 5) is 21.7. The van der Waals surface area contributed by atoms with Gasteiger partial charge in [-0.2, -0.15) is 5.10 Å². The topological polar surface area (TPSA) is 93.4 Å². The van der Waals surface area contributed by atoms with E-state index >= 15 is 0 Å². The van der Waals surface area contributed by atoms with Crippen LogP contribution in [-0.2, 0) is 4.74 Å². The molecule has 3 aromatic rings. The number of anilines is 1. The minimum absolute atomic E-state index is 0.0526. The van der Waals surface area contributed by atoms with E-state index in [0.717, 1.165) is 19.4 Å². The Morgan fingerprint density at radius 1 is 1.29 bits per heavy atom. The summed E-state index contributed by atoms with van der Waals surface area (Å²) in [6, 6.07) is 1.86. The summed E-state index contributed by atoms with van der Waals surface area (Å²) in [6.07, 6.45) is 7.11. The molecule has 1 aliphatic rings. The first-order valence-electron chi connectivity index (χ1n) is 11.7. The summed E-state index contributed by atoms with van der Waals surface area (Å²) in [7, 11) is 0. The number of ether oxygens (including phenoxy) is 1. The van der Waals surface area contributed by atoms with Gasteiger partial charge < -0.3 is 15.4 Å². The van der Waals surface area contributed by atoms with Gasteiger partial charge in [-0.05, 0) is 24.8 Å². The van der Waals surface area contributed by atoms with Gasteiger partial charge in [-0.25, -0.2) is 13.9 Å². The molecule has 0 aromatic carbocycles. The lowest BCUT2D eigenvalue weighted by molar-refractivity contribution is 0.0873. The molecule has 10 heteroatoms. The van der Waals surface area contributed by atoms with Gasteiger partial charge in [0, 0.05) is 31.6 Å². The van der Waals surface area contributed by atoms with Crippen molar-refractivity contribution in [3.8, 4) is 11.3 Å². The molecule has 1 aliphatic heterocycles. The number of nitrogens with one attached hydrogen (secondary N) is 2. The summed E-state index contributed by atoms with van der Waals surface area (Å²) < 4.78 is 21.2. The van der Waals surface area contributed by atoms with Crippen molar-refractivity contribution in [1.29, 1.82) is 0 Å². The maximum Gasteiger partial charge on any atom is 0.255 e. The molecule has 1 amide bonds. The molecule has 0 radical (unpaired) electrons. The summed E-state index contributed by atoms with van der Waals surface area (Å²) in [5.74, 6) is -0.555. The van der Waals surface area contributed by atoms with E-state index in [9.17, 15) is 9.18 Å². The van der Waals surface area contributed by atoms with Crippen LogP contribution >= 0.6 is 11.6 Å². The molecule has 2 unspecified atom stereocenters. The number of halogens is 2. The van der Waals surface area contributed by atoms with E-state index in [-0.39, 0.29) is 24.4 Å². The molecule has 1 saturated heterocycles.